The van der Waals surface area contributed by atoms with Gasteiger partial charge in [0.25, 0.3) is 5.89 Å². The van der Waals surface area contributed by atoms with E-state index in [1.807, 2.05) is 39.0 Å². The minimum atomic E-state index is 0.372. The molecule has 117 valence electrons. The molecule has 0 fully saturated rings. The Labute approximate surface area is 135 Å². The number of aryl methyl sites for hydroxylation is 4. The maximum atomic E-state index is 5.37. The van der Waals surface area contributed by atoms with Crippen molar-refractivity contribution in [3.05, 3.63) is 47.9 Å². The van der Waals surface area contributed by atoms with Crippen molar-refractivity contribution in [1.29, 1.82) is 0 Å². The standard InChI is InChI=1S/C17H18N5O/c1-5-6-15-19-12(4)9-14(20-15)17-21-16(22-23-17)13-8-10(2)7-11(3)18-13/h7-9H,1,5-6H2,2-4H3. The van der Waals surface area contributed by atoms with Gasteiger partial charge in [0.2, 0.25) is 5.82 Å². The van der Waals surface area contributed by atoms with Gasteiger partial charge in [-0.1, -0.05) is 12.1 Å². The first-order valence-corrected chi connectivity index (χ1v) is 7.48. The first kappa shape index (κ1) is 15.3. The lowest BCUT2D eigenvalue weighted by atomic mass is 10.2. The average molecular weight is 308 g/mol. The van der Waals surface area contributed by atoms with Gasteiger partial charge in [-0.2, -0.15) is 4.98 Å². The van der Waals surface area contributed by atoms with Gasteiger partial charge in [0.05, 0.1) is 0 Å². The van der Waals surface area contributed by atoms with E-state index in [4.69, 9.17) is 4.52 Å². The maximum absolute atomic E-state index is 5.37. The van der Waals surface area contributed by atoms with E-state index in [9.17, 15) is 0 Å². The molecule has 6 nitrogen and oxygen atoms in total. The second kappa shape index (κ2) is 6.24. The van der Waals surface area contributed by atoms with E-state index in [0.29, 0.717) is 29.5 Å². The number of hydrogen-bond acceptors (Lipinski definition) is 6. The molecule has 3 rings (SSSR count). The molecule has 0 saturated carbocycles. The third-order valence-corrected chi connectivity index (χ3v) is 3.27. The third-order valence-electron chi connectivity index (χ3n) is 3.27. The van der Waals surface area contributed by atoms with Crippen LogP contribution in [0.3, 0.4) is 0 Å². The number of hydrogen-bond donors (Lipinski definition) is 0. The van der Waals surface area contributed by atoms with Crippen LogP contribution in [0.15, 0.2) is 22.7 Å². The highest BCUT2D eigenvalue weighted by Gasteiger charge is 2.15. The molecular weight excluding hydrogens is 290 g/mol. The van der Waals surface area contributed by atoms with Gasteiger partial charge in [-0.15, -0.1) is 0 Å². The van der Waals surface area contributed by atoms with E-state index in [1.54, 1.807) is 0 Å². The first-order valence-electron chi connectivity index (χ1n) is 7.48. The molecule has 0 aromatic carbocycles. The summed E-state index contributed by atoms with van der Waals surface area (Å²) in [4.78, 5) is 17.7. The second-order valence-corrected chi connectivity index (χ2v) is 5.51. The Morgan fingerprint density at radius 2 is 1.70 bits per heavy atom. The second-order valence-electron chi connectivity index (χ2n) is 5.51. The molecule has 0 N–H and O–H groups in total. The Kier molecular flexibility index (Phi) is 4.14. The Bertz CT molecular complexity index is 821. The number of aromatic nitrogens is 5. The van der Waals surface area contributed by atoms with Gasteiger partial charge in [-0.25, -0.2) is 15.0 Å². The highest BCUT2D eigenvalue weighted by Crippen LogP contribution is 2.21. The maximum Gasteiger partial charge on any atom is 0.277 e. The molecule has 0 aliphatic rings. The molecule has 6 heteroatoms. The zero-order valence-electron chi connectivity index (χ0n) is 13.5. The number of pyridine rings is 1. The molecule has 0 aliphatic heterocycles. The van der Waals surface area contributed by atoms with Gasteiger partial charge >= 0.3 is 0 Å². The van der Waals surface area contributed by atoms with E-state index in [2.05, 4.69) is 32.0 Å². The first-order chi connectivity index (χ1) is 11.0. The lowest BCUT2D eigenvalue weighted by Gasteiger charge is -2.01. The molecule has 0 atom stereocenters. The lowest BCUT2D eigenvalue weighted by molar-refractivity contribution is 0.430. The Hall–Kier alpha value is -2.63. The van der Waals surface area contributed by atoms with Crippen molar-refractivity contribution in [3.8, 4) is 23.1 Å². The summed E-state index contributed by atoms with van der Waals surface area (Å²) in [6, 6.07) is 5.77. The molecule has 0 spiro atoms. The van der Waals surface area contributed by atoms with Crippen LogP contribution >= 0.6 is 0 Å². The van der Waals surface area contributed by atoms with Crippen LogP contribution in [0.2, 0.25) is 0 Å². The van der Waals surface area contributed by atoms with Gasteiger partial charge in [0.15, 0.2) is 0 Å². The summed E-state index contributed by atoms with van der Waals surface area (Å²) in [5.74, 6) is 1.57. The summed E-state index contributed by atoms with van der Waals surface area (Å²) in [5, 5.41) is 4.03. The highest BCUT2D eigenvalue weighted by molar-refractivity contribution is 5.55. The van der Waals surface area contributed by atoms with Crippen LogP contribution in [-0.4, -0.2) is 25.1 Å². The summed E-state index contributed by atoms with van der Waals surface area (Å²) in [7, 11) is 0. The van der Waals surface area contributed by atoms with E-state index in [-0.39, 0.29) is 0 Å². The fraction of sp³-hybridized carbons (Fsp3) is 0.294. The van der Waals surface area contributed by atoms with Gasteiger partial charge < -0.3 is 4.52 Å². The topological polar surface area (TPSA) is 77.6 Å². The van der Waals surface area contributed by atoms with E-state index < -0.39 is 0 Å². The van der Waals surface area contributed by atoms with Crippen molar-refractivity contribution in [3.63, 3.8) is 0 Å². The Morgan fingerprint density at radius 3 is 2.43 bits per heavy atom. The molecular formula is C17H18N5O. The van der Waals surface area contributed by atoms with Crippen molar-refractivity contribution in [2.24, 2.45) is 0 Å². The van der Waals surface area contributed by atoms with Crippen LogP contribution in [0.5, 0.6) is 0 Å². The molecule has 3 aromatic rings. The van der Waals surface area contributed by atoms with Crippen LogP contribution in [0, 0.1) is 27.7 Å². The third kappa shape index (κ3) is 3.41. The lowest BCUT2D eigenvalue weighted by Crippen LogP contribution is -1.99. The summed E-state index contributed by atoms with van der Waals surface area (Å²) < 4.78 is 5.37. The van der Waals surface area contributed by atoms with Crippen molar-refractivity contribution in [1.82, 2.24) is 25.1 Å². The van der Waals surface area contributed by atoms with Crippen molar-refractivity contribution >= 4 is 0 Å². The van der Waals surface area contributed by atoms with Crippen LogP contribution in [0.4, 0.5) is 0 Å². The fourth-order valence-corrected chi connectivity index (χ4v) is 2.40. The van der Waals surface area contributed by atoms with Gasteiger partial charge in [-0.3, -0.25) is 0 Å². The van der Waals surface area contributed by atoms with E-state index in [1.165, 1.54) is 0 Å². The normalized spacial score (nSPS) is 11.0. The molecule has 0 bridgehead atoms. The fourth-order valence-electron chi connectivity index (χ4n) is 2.40. The van der Waals surface area contributed by atoms with Crippen molar-refractivity contribution in [2.75, 3.05) is 0 Å². The average Bonchev–Trinajstić information content (AvgIpc) is 2.96. The molecule has 3 aromatic heterocycles. The molecule has 3 heterocycles. The monoisotopic (exact) mass is 308 g/mol. The zero-order chi connectivity index (χ0) is 16.4. The van der Waals surface area contributed by atoms with Crippen molar-refractivity contribution in [2.45, 2.75) is 33.6 Å². The summed E-state index contributed by atoms with van der Waals surface area (Å²) >= 11 is 0. The Balaban J connectivity index is 1.98. The molecule has 0 saturated heterocycles. The van der Waals surface area contributed by atoms with E-state index >= 15 is 0 Å². The van der Waals surface area contributed by atoms with Crippen LogP contribution < -0.4 is 0 Å². The van der Waals surface area contributed by atoms with E-state index in [0.717, 1.165) is 29.2 Å². The van der Waals surface area contributed by atoms with Crippen LogP contribution in [-0.2, 0) is 6.42 Å². The van der Waals surface area contributed by atoms with Crippen LogP contribution in [0.25, 0.3) is 23.1 Å². The molecule has 0 aliphatic carbocycles. The smallest absolute Gasteiger partial charge is 0.277 e. The SMILES string of the molecule is [CH2]CCc1nc(C)cc(-c2nc(-c3cc(C)cc(C)n3)no2)n1. The predicted molar refractivity (Wildman–Crippen MR) is 86.4 cm³/mol. The Morgan fingerprint density at radius 1 is 0.913 bits per heavy atom. The highest BCUT2D eigenvalue weighted by atomic mass is 16.5. The summed E-state index contributed by atoms with van der Waals surface area (Å²) in [6.45, 7) is 9.70. The van der Waals surface area contributed by atoms with Crippen LogP contribution in [0.1, 0.15) is 29.2 Å². The van der Waals surface area contributed by atoms with Gasteiger partial charge in [-0.05, 0) is 51.0 Å². The molecule has 1 radical (unpaired) electrons. The van der Waals surface area contributed by atoms with Gasteiger partial charge in [0, 0.05) is 17.8 Å². The summed E-state index contributed by atoms with van der Waals surface area (Å²) in [6.07, 6.45) is 1.46. The number of rotatable bonds is 4. The predicted octanol–water partition coefficient (Wildman–Crippen LogP) is 3.28. The molecule has 0 amide bonds. The minimum Gasteiger partial charge on any atom is -0.332 e. The zero-order valence-corrected chi connectivity index (χ0v) is 13.5. The molecule has 23 heavy (non-hydrogen) atoms. The van der Waals surface area contributed by atoms with Gasteiger partial charge in [0.1, 0.15) is 17.2 Å². The largest absolute Gasteiger partial charge is 0.332 e. The minimum absolute atomic E-state index is 0.372. The quantitative estimate of drug-likeness (QED) is 0.736. The number of nitrogens with zero attached hydrogens (tertiary/aromatic N) is 5. The van der Waals surface area contributed by atoms with Crippen molar-refractivity contribution < 1.29 is 4.52 Å². The molecule has 0 unspecified atom stereocenters. The summed E-state index contributed by atoms with van der Waals surface area (Å²) in [5.41, 5.74) is 4.21.